The third kappa shape index (κ3) is 2.25. The molecule has 1 nitrogen and oxygen atoms in total. The second-order valence-electron chi connectivity index (χ2n) is 2.38. The summed E-state index contributed by atoms with van der Waals surface area (Å²) in [5, 5.41) is 0. The molecule has 76 valence electrons. The standard InChI is InChI=1S/C9H6F4O/c1-2-6-7(10)3-5(4-8(6)11)14-9(12)13/h2-4,9H,1H2. The fourth-order valence-electron chi connectivity index (χ4n) is 0.927. The molecule has 0 aromatic heterocycles. The molecular weight excluding hydrogens is 200 g/mol. The van der Waals surface area contributed by atoms with Crippen molar-refractivity contribution in [1.82, 2.24) is 0 Å². The quantitative estimate of drug-likeness (QED) is 0.690. The van der Waals surface area contributed by atoms with Crippen LogP contribution in [0.25, 0.3) is 6.08 Å². The molecule has 1 aromatic rings. The zero-order valence-electron chi connectivity index (χ0n) is 6.94. The first-order valence-corrected chi connectivity index (χ1v) is 3.61. The summed E-state index contributed by atoms with van der Waals surface area (Å²) in [4.78, 5) is 0. The van der Waals surface area contributed by atoms with Crippen LogP contribution < -0.4 is 4.74 Å². The van der Waals surface area contributed by atoms with E-state index >= 15 is 0 Å². The molecule has 1 rings (SSSR count). The van der Waals surface area contributed by atoms with Crippen LogP contribution in [0.3, 0.4) is 0 Å². The van der Waals surface area contributed by atoms with Crippen molar-refractivity contribution in [3.63, 3.8) is 0 Å². The molecule has 1 aromatic carbocycles. The van der Waals surface area contributed by atoms with E-state index in [2.05, 4.69) is 11.3 Å². The van der Waals surface area contributed by atoms with Crippen LogP contribution in [0.2, 0.25) is 0 Å². The molecule has 14 heavy (non-hydrogen) atoms. The van der Waals surface area contributed by atoms with Gasteiger partial charge < -0.3 is 4.74 Å². The molecule has 0 saturated carbocycles. The Morgan fingerprint density at radius 3 is 2.07 bits per heavy atom. The Hall–Kier alpha value is -1.52. The predicted molar refractivity (Wildman–Crippen MR) is 43.1 cm³/mol. The van der Waals surface area contributed by atoms with Crippen LogP contribution in [0, 0.1) is 11.6 Å². The predicted octanol–water partition coefficient (Wildman–Crippen LogP) is 3.21. The zero-order valence-corrected chi connectivity index (χ0v) is 6.94. The van der Waals surface area contributed by atoms with E-state index in [9.17, 15) is 17.6 Å². The Bertz CT molecular complexity index is 326. The van der Waals surface area contributed by atoms with E-state index in [1.807, 2.05) is 0 Å². The van der Waals surface area contributed by atoms with Gasteiger partial charge in [0, 0.05) is 17.7 Å². The first-order valence-electron chi connectivity index (χ1n) is 3.61. The molecule has 0 radical (unpaired) electrons. The van der Waals surface area contributed by atoms with Gasteiger partial charge in [0.2, 0.25) is 0 Å². The Kier molecular flexibility index (Phi) is 3.11. The van der Waals surface area contributed by atoms with E-state index < -0.39 is 24.0 Å². The van der Waals surface area contributed by atoms with Gasteiger partial charge in [-0.3, -0.25) is 0 Å². The van der Waals surface area contributed by atoms with Crippen molar-refractivity contribution in [2.24, 2.45) is 0 Å². The fourth-order valence-corrected chi connectivity index (χ4v) is 0.927. The molecule has 0 amide bonds. The molecule has 0 saturated heterocycles. The molecule has 0 aliphatic heterocycles. The highest BCUT2D eigenvalue weighted by Gasteiger charge is 2.11. The molecule has 0 spiro atoms. The summed E-state index contributed by atoms with van der Waals surface area (Å²) in [5.41, 5.74) is -0.369. The van der Waals surface area contributed by atoms with Crippen LogP contribution in [0.15, 0.2) is 18.7 Å². The van der Waals surface area contributed by atoms with E-state index in [1.54, 1.807) is 0 Å². The molecule has 0 N–H and O–H groups in total. The maximum Gasteiger partial charge on any atom is 0.387 e. The summed E-state index contributed by atoms with van der Waals surface area (Å²) in [7, 11) is 0. The molecule has 5 heteroatoms. The topological polar surface area (TPSA) is 9.23 Å². The van der Waals surface area contributed by atoms with Gasteiger partial charge in [0.25, 0.3) is 0 Å². The second-order valence-corrected chi connectivity index (χ2v) is 2.38. The molecular formula is C9H6F4O. The molecule has 0 aliphatic rings. The Balaban J connectivity index is 3.07. The fraction of sp³-hybridized carbons (Fsp3) is 0.111. The lowest BCUT2D eigenvalue weighted by molar-refractivity contribution is -0.0501. The molecule has 0 aliphatic carbocycles. The van der Waals surface area contributed by atoms with Crippen molar-refractivity contribution in [3.05, 3.63) is 35.9 Å². The van der Waals surface area contributed by atoms with Crippen molar-refractivity contribution < 1.29 is 22.3 Å². The van der Waals surface area contributed by atoms with Gasteiger partial charge in [-0.05, 0) is 0 Å². The van der Waals surface area contributed by atoms with Gasteiger partial charge in [0.1, 0.15) is 17.4 Å². The SMILES string of the molecule is C=Cc1c(F)cc(OC(F)F)cc1F. The van der Waals surface area contributed by atoms with Crippen LogP contribution in [-0.4, -0.2) is 6.61 Å². The number of hydrogen-bond donors (Lipinski definition) is 0. The maximum absolute atomic E-state index is 12.9. The van der Waals surface area contributed by atoms with Crippen LogP contribution in [0.4, 0.5) is 17.6 Å². The number of hydrogen-bond acceptors (Lipinski definition) is 1. The molecule has 0 fully saturated rings. The van der Waals surface area contributed by atoms with Gasteiger partial charge in [-0.15, -0.1) is 0 Å². The Morgan fingerprint density at radius 2 is 1.71 bits per heavy atom. The molecule has 0 heterocycles. The lowest BCUT2D eigenvalue weighted by Crippen LogP contribution is -2.03. The van der Waals surface area contributed by atoms with Crippen molar-refractivity contribution in [3.8, 4) is 5.75 Å². The minimum absolute atomic E-state index is 0.369. The minimum Gasteiger partial charge on any atom is -0.435 e. The summed E-state index contributed by atoms with van der Waals surface area (Å²) in [6, 6.07) is 1.35. The summed E-state index contributed by atoms with van der Waals surface area (Å²) in [6.07, 6.45) is 0.955. The summed E-state index contributed by atoms with van der Waals surface area (Å²) in [5.74, 6) is -2.54. The summed E-state index contributed by atoms with van der Waals surface area (Å²) in [6.45, 7) is 0.0663. The van der Waals surface area contributed by atoms with Crippen molar-refractivity contribution in [2.75, 3.05) is 0 Å². The number of halogens is 4. The first kappa shape index (κ1) is 10.6. The minimum atomic E-state index is -3.11. The van der Waals surface area contributed by atoms with Crippen LogP contribution in [0.1, 0.15) is 5.56 Å². The van der Waals surface area contributed by atoms with E-state index in [0.29, 0.717) is 12.1 Å². The molecule has 0 atom stereocenters. The van der Waals surface area contributed by atoms with Gasteiger partial charge in [-0.2, -0.15) is 8.78 Å². The van der Waals surface area contributed by atoms with E-state index in [0.717, 1.165) is 6.08 Å². The average molecular weight is 206 g/mol. The molecule has 0 unspecified atom stereocenters. The van der Waals surface area contributed by atoms with Gasteiger partial charge >= 0.3 is 6.61 Å². The van der Waals surface area contributed by atoms with Crippen molar-refractivity contribution in [2.45, 2.75) is 6.61 Å². The van der Waals surface area contributed by atoms with E-state index in [1.165, 1.54) is 0 Å². The summed E-state index contributed by atoms with van der Waals surface area (Å²) >= 11 is 0. The van der Waals surface area contributed by atoms with E-state index in [4.69, 9.17) is 0 Å². The number of ether oxygens (including phenoxy) is 1. The third-order valence-corrected chi connectivity index (χ3v) is 1.48. The van der Waals surface area contributed by atoms with Crippen LogP contribution in [0.5, 0.6) is 5.75 Å². The smallest absolute Gasteiger partial charge is 0.387 e. The lowest BCUT2D eigenvalue weighted by atomic mass is 10.2. The van der Waals surface area contributed by atoms with Crippen LogP contribution in [-0.2, 0) is 0 Å². The average Bonchev–Trinajstić information content (AvgIpc) is 2.01. The van der Waals surface area contributed by atoms with Gasteiger partial charge in [-0.25, -0.2) is 8.78 Å². The number of rotatable bonds is 3. The lowest BCUT2D eigenvalue weighted by Gasteiger charge is -2.06. The number of benzene rings is 1. The normalized spacial score (nSPS) is 10.4. The monoisotopic (exact) mass is 206 g/mol. The maximum atomic E-state index is 12.9. The van der Waals surface area contributed by atoms with Gasteiger partial charge in [0.05, 0.1) is 0 Å². The molecule has 0 bridgehead atoms. The number of alkyl halides is 2. The third-order valence-electron chi connectivity index (χ3n) is 1.48. The highest BCUT2D eigenvalue weighted by molar-refractivity contribution is 5.50. The largest absolute Gasteiger partial charge is 0.435 e. The summed E-state index contributed by atoms with van der Waals surface area (Å²) < 4.78 is 53.0. The van der Waals surface area contributed by atoms with E-state index in [-0.39, 0.29) is 5.56 Å². The Labute approximate surface area is 77.6 Å². The first-order chi connectivity index (χ1) is 6.54. The van der Waals surface area contributed by atoms with Crippen LogP contribution >= 0.6 is 0 Å². The zero-order chi connectivity index (χ0) is 10.7. The van der Waals surface area contributed by atoms with Gasteiger partial charge in [0.15, 0.2) is 0 Å². The highest BCUT2D eigenvalue weighted by atomic mass is 19.3. The Morgan fingerprint density at radius 1 is 1.21 bits per heavy atom. The van der Waals surface area contributed by atoms with Gasteiger partial charge in [-0.1, -0.05) is 12.7 Å². The van der Waals surface area contributed by atoms with Crippen molar-refractivity contribution >= 4 is 6.08 Å². The second kappa shape index (κ2) is 4.13. The highest BCUT2D eigenvalue weighted by Crippen LogP contribution is 2.22. The van der Waals surface area contributed by atoms with Crippen molar-refractivity contribution in [1.29, 1.82) is 0 Å².